The van der Waals surface area contributed by atoms with Crippen molar-refractivity contribution >= 4 is 11.9 Å². The van der Waals surface area contributed by atoms with Gasteiger partial charge in [-0.2, -0.15) is 0 Å². The molecule has 64 valence electrons. The second-order valence-corrected chi connectivity index (χ2v) is 2.11. The molecule has 0 aromatic rings. The fourth-order valence-electron chi connectivity index (χ4n) is 0.442. The van der Waals surface area contributed by atoms with E-state index in [-0.39, 0.29) is 6.42 Å². The zero-order valence-corrected chi connectivity index (χ0v) is 6.11. The van der Waals surface area contributed by atoms with Crippen LogP contribution in [0.3, 0.4) is 0 Å². The molecular weight excluding hydrogens is 152 g/mol. The number of aliphatic hydroxyl groups excluding tert-OH is 1. The van der Waals surface area contributed by atoms with Crippen LogP contribution in [-0.2, 0) is 14.3 Å². The maximum atomic E-state index is 10.5. The quantitative estimate of drug-likeness (QED) is 0.538. The predicted octanol–water partition coefficient (Wildman–Crippen LogP) is -0.615. The second kappa shape index (κ2) is 4.68. The molecular formula is C6H10O5. The zero-order valence-electron chi connectivity index (χ0n) is 6.11. The van der Waals surface area contributed by atoms with E-state index in [1.807, 2.05) is 0 Å². The Morgan fingerprint density at radius 3 is 2.45 bits per heavy atom. The Bertz CT molecular complexity index is 151. The lowest BCUT2D eigenvalue weighted by Gasteiger charge is -2.02. The van der Waals surface area contributed by atoms with Crippen molar-refractivity contribution in [2.75, 3.05) is 6.61 Å². The van der Waals surface area contributed by atoms with Gasteiger partial charge in [0.2, 0.25) is 0 Å². The highest BCUT2D eigenvalue weighted by Gasteiger charge is 2.08. The van der Waals surface area contributed by atoms with Crippen molar-refractivity contribution in [3.63, 3.8) is 0 Å². The van der Waals surface area contributed by atoms with Crippen LogP contribution in [0.25, 0.3) is 0 Å². The van der Waals surface area contributed by atoms with Gasteiger partial charge in [0.25, 0.3) is 0 Å². The summed E-state index contributed by atoms with van der Waals surface area (Å²) in [5.74, 6) is -1.91. The summed E-state index contributed by atoms with van der Waals surface area (Å²) >= 11 is 0. The van der Waals surface area contributed by atoms with Gasteiger partial charge in [-0.05, 0) is 6.92 Å². The number of aliphatic carboxylic acids is 1. The van der Waals surface area contributed by atoms with E-state index in [1.165, 1.54) is 6.92 Å². The van der Waals surface area contributed by atoms with Gasteiger partial charge in [0.15, 0.2) is 6.61 Å². The van der Waals surface area contributed by atoms with Gasteiger partial charge in [0.05, 0.1) is 12.5 Å². The van der Waals surface area contributed by atoms with Gasteiger partial charge in [0.1, 0.15) is 0 Å². The lowest BCUT2D eigenvalue weighted by Crippen LogP contribution is -2.16. The molecule has 0 saturated carbocycles. The Balaban J connectivity index is 3.45. The number of aliphatic hydroxyl groups is 1. The number of esters is 1. The van der Waals surface area contributed by atoms with Crippen LogP contribution in [-0.4, -0.2) is 34.9 Å². The van der Waals surface area contributed by atoms with Gasteiger partial charge in [-0.15, -0.1) is 0 Å². The summed E-state index contributed by atoms with van der Waals surface area (Å²) in [5.41, 5.74) is 0. The topological polar surface area (TPSA) is 83.8 Å². The number of carbonyl (C=O) groups excluding carboxylic acids is 1. The lowest BCUT2D eigenvalue weighted by atomic mass is 10.3. The molecule has 0 aliphatic heterocycles. The largest absolute Gasteiger partial charge is 0.479 e. The monoisotopic (exact) mass is 162 g/mol. The molecule has 0 heterocycles. The molecule has 0 aliphatic carbocycles. The molecule has 0 aromatic heterocycles. The first-order chi connectivity index (χ1) is 5.02. The van der Waals surface area contributed by atoms with Crippen molar-refractivity contribution in [3.8, 4) is 0 Å². The fourth-order valence-corrected chi connectivity index (χ4v) is 0.442. The average Bonchev–Trinajstić information content (AvgIpc) is 1.82. The summed E-state index contributed by atoms with van der Waals surface area (Å²) in [6.07, 6.45) is -0.968. The van der Waals surface area contributed by atoms with Gasteiger partial charge < -0.3 is 14.9 Å². The predicted molar refractivity (Wildman–Crippen MR) is 34.9 cm³/mol. The van der Waals surface area contributed by atoms with Crippen LogP contribution in [0.2, 0.25) is 0 Å². The minimum absolute atomic E-state index is 0.173. The van der Waals surface area contributed by atoms with E-state index in [9.17, 15) is 9.59 Å². The SMILES string of the molecule is CC(O)CC(=O)OCC(=O)O. The number of carbonyl (C=O) groups is 2. The maximum Gasteiger partial charge on any atom is 0.341 e. The van der Waals surface area contributed by atoms with E-state index in [0.29, 0.717) is 0 Å². The van der Waals surface area contributed by atoms with Gasteiger partial charge in [-0.25, -0.2) is 4.79 Å². The number of hydrogen-bond donors (Lipinski definition) is 2. The third-order valence-electron chi connectivity index (χ3n) is 0.819. The van der Waals surface area contributed by atoms with Crippen LogP contribution in [0.15, 0.2) is 0 Å². The first-order valence-electron chi connectivity index (χ1n) is 3.08. The van der Waals surface area contributed by atoms with Crippen molar-refractivity contribution in [3.05, 3.63) is 0 Å². The van der Waals surface area contributed by atoms with Crippen molar-refractivity contribution in [1.82, 2.24) is 0 Å². The maximum absolute atomic E-state index is 10.5. The Labute approximate surface area is 63.6 Å². The van der Waals surface area contributed by atoms with Crippen molar-refractivity contribution in [2.45, 2.75) is 19.4 Å². The number of carboxylic acids is 1. The molecule has 0 saturated heterocycles. The van der Waals surface area contributed by atoms with E-state index in [1.54, 1.807) is 0 Å². The fraction of sp³-hybridized carbons (Fsp3) is 0.667. The highest BCUT2D eigenvalue weighted by atomic mass is 16.5. The highest BCUT2D eigenvalue weighted by Crippen LogP contribution is 1.92. The molecule has 0 rings (SSSR count). The molecule has 1 unspecified atom stereocenters. The van der Waals surface area contributed by atoms with Crippen molar-refractivity contribution < 1.29 is 24.5 Å². The number of carboxylic acid groups (broad SMARTS) is 1. The van der Waals surface area contributed by atoms with Crippen LogP contribution in [0.5, 0.6) is 0 Å². The number of hydrogen-bond acceptors (Lipinski definition) is 4. The Morgan fingerprint density at radius 1 is 1.55 bits per heavy atom. The standard InChI is InChI=1S/C6H10O5/c1-4(7)2-6(10)11-3-5(8)9/h4,7H,2-3H2,1H3,(H,8,9). The van der Waals surface area contributed by atoms with Crippen LogP contribution < -0.4 is 0 Å². The Kier molecular flexibility index (Phi) is 4.21. The van der Waals surface area contributed by atoms with Crippen molar-refractivity contribution in [2.24, 2.45) is 0 Å². The van der Waals surface area contributed by atoms with E-state index < -0.39 is 24.6 Å². The van der Waals surface area contributed by atoms with Gasteiger partial charge in [-0.3, -0.25) is 4.79 Å². The summed E-state index contributed by atoms with van der Waals surface area (Å²) in [4.78, 5) is 20.4. The smallest absolute Gasteiger partial charge is 0.341 e. The first kappa shape index (κ1) is 9.90. The third-order valence-corrected chi connectivity index (χ3v) is 0.819. The van der Waals surface area contributed by atoms with E-state index >= 15 is 0 Å². The molecule has 11 heavy (non-hydrogen) atoms. The average molecular weight is 162 g/mol. The number of ether oxygens (including phenoxy) is 1. The van der Waals surface area contributed by atoms with E-state index in [0.717, 1.165) is 0 Å². The zero-order chi connectivity index (χ0) is 8.85. The number of rotatable bonds is 4. The van der Waals surface area contributed by atoms with Crippen LogP contribution in [0, 0.1) is 0 Å². The normalized spacial score (nSPS) is 12.2. The summed E-state index contributed by atoms with van der Waals surface area (Å²) in [6, 6.07) is 0. The molecule has 0 aromatic carbocycles. The Morgan fingerprint density at radius 2 is 2.09 bits per heavy atom. The molecule has 1 atom stereocenters. The summed E-state index contributed by atoms with van der Waals surface area (Å²) in [5, 5.41) is 16.7. The van der Waals surface area contributed by atoms with Gasteiger partial charge in [0, 0.05) is 0 Å². The minimum Gasteiger partial charge on any atom is -0.479 e. The first-order valence-corrected chi connectivity index (χ1v) is 3.08. The third kappa shape index (κ3) is 6.79. The highest BCUT2D eigenvalue weighted by molar-refractivity contribution is 5.75. The molecule has 0 bridgehead atoms. The van der Waals surface area contributed by atoms with E-state index in [2.05, 4.69) is 4.74 Å². The molecule has 0 amide bonds. The van der Waals surface area contributed by atoms with Crippen LogP contribution in [0.1, 0.15) is 13.3 Å². The molecule has 5 nitrogen and oxygen atoms in total. The lowest BCUT2D eigenvalue weighted by molar-refractivity contribution is -0.156. The van der Waals surface area contributed by atoms with Crippen LogP contribution in [0.4, 0.5) is 0 Å². The molecule has 2 N–H and O–H groups in total. The molecule has 0 radical (unpaired) electrons. The summed E-state index contributed by atoms with van der Waals surface area (Å²) in [6.45, 7) is 0.771. The molecule has 0 aliphatic rings. The van der Waals surface area contributed by atoms with E-state index in [4.69, 9.17) is 10.2 Å². The summed E-state index contributed by atoms with van der Waals surface area (Å²) in [7, 11) is 0. The minimum atomic E-state index is -1.20. The second-order valence-electron chi connectivity index (χ2n) is 2.11. The van der Waals surface area contributed by atoms with Crippen LogP contribution >= 0.6 is 0 Å². The summed E-state index contributed by atoms with van der Waals surface area (Å²) < 4.78 is 4.22. The van der Waals surface area contributed by atoms with Crippen molar-refractivity contribution in [1.29, 1.82) is 0 Å². The molecule has 5 heteroatoms. The van der Waals surface area contributed by atoms with Gasteiger partial charge in [-0.1, -0.05) is 0 Å². The Hall–Kier alpha value is -1.10. The molecule has 0 spiro atoms. The van der Waals surface area contributed by atoms with Gasteiger partial charge >= 0.3 is 11.9 Å². The molecule has 0 fully saturated rings.